The highest BCUT2D eigenvalue weighted by atomic mass is 35.5. The number of pyridine rings is 2. The van der Waals surface area contributed by atoms with E-state index in [1.165, 1.54) is 24.3 Å². The number of aryl methyl sites for hydroxylation is 2. The maximum atomic E-state index is 13.4. The molecule has 7 rings (SSSR count). The molecule has 0 radical (unpaired) electrons. The molecule has 4 aromatic heterocycles. The summed E-state index contributed by atoms with van der Waals surface area (Å²) in [7, 11) is 2.72. The molecular weight excluding hydrogens is 677 g/mol. The second-order valence-corrected chi connectivity index (χ2v) is 11.7. The number of nitrogens with zero attached hydrogens (tertiary/aromatic N) is 8. The van der Waals surface area contributed by atoms with E-state index in [2.05, 4.69) is 20.2 Å². The lowest BCUT2D eigenvalue weighted by Crippen LogP contribution is -2.27. The molecule has 2 N–H and O–H groups in total. The fourth-order valence-corrected chi connectivity index (χ4v) is 5.53. The van der Waals surface area contributed by atoms with Gasteiger partial charge in [0, 0.05) is 56.3 Å². The Kier molecular flexibility index (Phi) is 12.0. The predicted octanol–water partition coefficient (Wildman–Crippen LogP) is 4.55. The van der Waals surface area contributed by atoms with Crippen LogP contribution in [0.3, 0.4) is 0 Å². The molecule has 256 valence electrons. The second kappa shape index (κ2) is 16.8. The molecule has 0 aliphatic carbocycles. The van der Waals surface area contributed by atoms with E-state index in [1.54, 1.807) is 60.1 Å². The summed E-state index contributed by atoms with van der Waals surface area (Å²) in [5.74, 6) is -0.688. The molecule has 0 saturated heterocycles. The number of benzene rings is 2. The van der Waals surface area contributed by atoms with Gasteiger partial charge in [-0.3, -0.25) is 14.3 Å². The van der Waals surface area contributed by atoms with Gasteiger partial charge in [0.25, 0.3) is 0 Å². The van der Waals surface area contributed by atoms with Gasteiger partial charge in [0.1, 0.15) is 28.9 Å². The normalized spacial score (nSPS) is 11.4. The van der Waals surface area contributed by atoms with Crippen LogP contribution in [0.1, 0.15) is 45.0 Å². The lowest BCUT2D eigenvalue weighted by molar-refractivity contribution is 0.275. The lowest BCUT2D eigenvalue weighted by Gasteiger charge is -2.12. The molecule has 0 amide bonds. The van der Waals surface area contributed by atoms with Gasteiger partial charge in [-0.25, -0.2) is 13.8 Å². The van der Waals surface area contributed by atoms with E-state index in [4.69, 9.17) is 31.8 Å². The minimum Gasteiger partial charge on any atom is -0.423 e. The van der Waals surface area contributed by atoms with Crippen molar-refractivity contribution in [2.24, 2.45) is 14.1 Å². The van der Waals surface area contributed by atoms with Crippen LogP contribution >= 0.6 is 11.6 Å². The predicted molar refractivity (Wildman–Crippen MR) is 185 cm³/mol. The first-order valence-electron chi connectivity index (χ1n) is 15.5. The van der Waals surface area contributed by atoms with Crippen LogP contribution in [0.25, 0.3) is 11.3 Å². The molecule has 0 bridgehead atoms. The zero-order valence-corrected chi connectivity index (χ0v) is 28.3. The van der Waals surface area contributed by atoms with Crippen LogP contribution in [0.5, 0.6) is 0 Å². The summed E-state index contributed by atoms with van der Waals surface area (Å²) in [5, 5.41) is 45.0. The summed E-state index contributed by atoms with van der Waals surface area (Å²) in [6.45, 7) is 0.0294. The van der Waals surface area contributed by atoms with E-state index in [0.717, 1.165) is 28.1 Å². The molecule has 11 nitrogen and oxygen atoms in total. The van der Waals surface area contributed by atoms with Crippen LogP contribution < -0.4 is 5.46 Å². The van der Waals surface area contributed by atoms with Crippen molar-refractivity contribution >= 4 is 24.2 Å². The maximum absolute atomic E-state index is 13.4. The molecule has 0 spiro atoms. The van der Waals surface area contributed by atoms with Gasteiger partial charge in [0.15, 0.2) is 11.4 Å². The van der Waals surface area contributed by atoms with Gasteiger partial charge in [-0.2, -0.15) is 20.7 Å². The number of halogens is 3. The van der Waals surface area contributed by atoms with Gasteiger partial charge in [-0.05, 0) is 82.3 Å². The van der Waals surface area contributed by atoms with Crippen LogP contribution in [0.15, 0.2) is 85.2 Å². The van der Waals surface area contributed by atoms with Crippen molar-refractivity contribution in [2.45, 2.75) is 26.1 Å². The molecule has 0 saturated carbocycles. The maximum Gasteiger partial charge on any atom is 0.491 e. The largest absolute Gasteiger partial charge is 0.491 e. The lowest BCUT2D eigenvalue weighted by atomic mass is 9.80. The summed E-state index contributed by atoms with van der Waals surface area (Å²) in [4.78, 5) is 8.41. The molecule has 1 aliphatic heterocycles. The van der Waals surface area contributed by atoms with Gasteiger partial charge in [-0.15, -0.1) is 0 Å². The van der Waals surface area contributed by atoms with Gasteiger partial charge in [-0.1, -0.05) is 29.8 Å². The Morgan fingerprint density at radius 3 is 2.02 bits per heavy atom. The fourth-order valence-electron chi connectivity index (χ4n) is 5.34. The van der Waals surface area contributed by atoms with Crippen LogP contribution in [0.2, 0.25) is 5.15 Å². The quantitative estimate of drug-likeness (QED) is 0.187. The summed E-state index contributed by atoms with van der Waals surface area (Å²) >= 11 is 5.96. The van der Waals surface area contributed by atoms with E-state index in [9.17, 15) is 13.9 Å². The van der Waals surface area contributed by atoms with Crippen molar-refractivity contribution in [1.82, 2.24) is 29.5 Å². The van der Waals surface area contributed by atoms with Gasteiger partial charge in [0.2, 0.25) is 0 Å². The van der Waals surface area contributed by atoms with Crippen molar-refractivity contribution in [3.05, 3.63) is 147 Å². The zero-order chi connectivity index (χ0) is 36.5. The van der Waals surface area contributed by atoms with Crippen molar-refractivity contribution in [2.75, 3.05) is 0 Å². The number of aliphatic hydroxyl groups is 1. The number of hydrogen-bond donors (Lipinski definition) is 2. The third-order valence-electron chi connectivity index (χ3n) is 7.91. The van der Waals surface area contributed by atoms with E-state index in [1.807, 2.05) is 36.4 Å². The Bertz CT molecular complexity index is 2250. The third kappa shape index (κ3) is 9.08. The molecule has 0 fully saturated rings. The minimum absolute atomic E-state index is 0.270. The number of rotatable bonds is 6. The second-order valence-electron chi connectivity index (χ2n) is 11.3. The molecule has 15 heteroatoms. The minimum atomic E-state index is -0.870. The van der Waals surface area contributed by atoms with Crippen LogP contribution in [0.4, 0.5) is 8.78 Å². The topological polar surface area (TPSA) is 159 Å². The number of fused-ring (bicyclic) bond motifs is 1. The number of aliphatic hydroxyl groups excluding tert-OH is 1. The first-order valence-corrected chi connectivity index (χ1v) is 15.8. The van der Waals surface area contributed by atoms with E-state index >= 15 is 0 Å². The summed E-state index contributed by atoms with van der Waals surface area (Å²) in [6.07, 6.45) is 4.46. The van der Waals surface area contributed by atoms with Gasteiger partial charge < -0.3 is 14.8 Å². The van der Waals surface area contributed by atoms with E-state index < -0.39 is 12.9 Å². The van der Waals surface area contributed by atoms with Crippen LogP contribution in [0, 0.1) is 34.3 Å². The van der Waals surface area contributed by atoms with Gasteiger partial charge >= 0.3 is 7.12 Å². The zero-order valence-electron chi connectivity index (χ0n) is 27.5. The Balaban J connectivity index is 0.000000160. The molecule has 1 aliphatic rings. The first kappa shape index (κ1) is 36.5. The Hall–Kier alpha value is -5.77. The fraction of sp³-hybridized carbons (Fsp3) is 0.167. The number of aromatic nitrogens is 6. The Morgan fingerprint density at radius 2 is 1.41 bits per heavy atom. The summed E-state index contributed by atoms with van der Waals surface area (Å²) < 4.78 is 34.2. The van der Waals surface area contributed by atoms with Gasteiger partial charge in [0.05, 0.1) is 18.9 Å². The highest BCUT2D eigenvalue weighted by molar-refractivity contribution is 6.61. The SMILES string of the molecule is Cn1nc(C#N)cc1Cc1cccnc1-c1ccc(F)cc1CO.Cn1nc(C#N)cc1Cc1cccnc1Cl.OB1OCc2cc(F)ccc21. The average Bonchev–Trinajstić information content (AvgIpc) is 3.81. The molecule has 6 aromatic rings. The molecule has 0 unspecified atom stereocenters. The van der Waals surface area contributed by atoms with Crippen molar-refractivity contribution in [3.63, 3.8) is 0 Å². The Labute approximate surface area is 297 Å². The summed E-state index contributed by atoms with van der Waals surface area (Å²) in [6, 6.07) is 23.5. The smallest absolute Gasteiger partial charge is 0.423 e. The van der Waals surface area contributed by atoms with Crippen LogP contribution in [-0.2, 0) is 44.8 Å². The molecule has 0 atom stereocenters. The Morgan fingerprint density at radius 1 is 0.824 bits per heavy atom. The monoisotopic (exact) mass is 706 g/mol. The number of hydrogen-bond acceptors (Lipinski definition) is 9. The summed E-state index contributed by atoms with van der Waals surface area (Å²) in [5.41, 5.74) is 7.68. The highest BCUT2D eigenvalue weighted by Crippen LogP contribution is 2.28. The van der Waals surface area contributed by atoms with Crippen molar-refractivity contribution < 1.29 is 23.6 Å². The van der Waals surface area contributed by atoms with Crippen molar-refractivity contribution in [3.8, 4) is 23.4 Å². The number of nitriles is 2. The van der Waals surface area contributed by atoms with Crippen LogP contribution in [-0.4, -0.2) is 46.8 Å². The van der Waals surface area contributed by atoms with E-state index in [0.29, 0.717) is 58.3 Å². The molecule has 2 aromatic carbocycles. The van der Waals surface area contributed by atoms with E-state index in [-0.39, 0.29) is 12.4 Å². The van der Waals surface area contributed by atoms with Crippen molar-refractivity contribution in [1.29, 1.82) is 10.5 Å². The standard InChI is InChI=1S/C18H15FN4O.C11H9ClN4.C7H6BFO2/c1-23-16(9-15(10-20)22-23)8-12-3-2-6-21-18(12)17-5-4-14(19)7-13(17)11-24;1-16-10(6-9(7-13)15-16)5-8-3-2-4-14-11(8)12;9-6-1-2-7-5(3-6)4-11-8(7)10/h2-7,9,24H,8,11H2,1H3;2-4,6H,5H2,1H3;1-3,10H,4H2. The first-order chi connectivity index (χ1) is 24.6. The highest BCUT2D eigenvalue weighted by Gasteiger charge is 2.27. The molecule has 5 heterocycles. The molecular formula is C36H30BClF2N8O3. The molecule has 51 heavy (non-hydrogen) atoms. The third-order valence-corrected chi connectivity index (χ3v) is 8.25. The average molecular weight is 707 g/mol.